The van der Waals surface area contributed by atoms with Crippen LogP contribution in [0.3, 0.4) is 0 Å². The van der Waals surface area contributed by atoms with E-state index in [9.17, 15) is 10.2 Å². The summed E-state index contributed by atoms with van der Waals surface area (Å²) in [5.74, 6) is 1.91. The molecule has 0 radical (unpaired) electrons. The summed E-state index contributed by atoms with van der Waals surface area (Å²) in [6, 6.07) is 16.1. The minimum atomic E-state index is -0.551. The first-order valence-electron chi connectivity index (χ1n) is 18.6. The summed E-state index contributed by atoms with van der Waals surface area (Å²) in [5, 5.41) is 23.6. The number of hydrogen-bond donors (Lipinski definition) is 2. The minimum Gasteiger partial charge on any atom is -0.494 e. The van der Waals surface area contributed by atoms with Gasteiger partial charge in [-0.15, -0.1) is 0 Å². The summed E-state index contributed by atoms with van der Waals surface area (Å²) in [6.07, 6.45) is 12.7. The number of likely N-dealkylation sites (tertiary alicyclic amines) is 2. The van der Waals surface area contributed by atoms with Crippen LogP contribution in [0.4, 0.5) is 0 Å². The molecule has 2 N–H and O–H groups in total. The molecule has 2 heterocycles. The average molecular weight is 893 g/mol. The molecule has 2 aromatic carbocycles. The van der Waals surface area contributed by atoms with E-state index in [1.807, 2.05) is 58.4 Å². The van der Waals surface area contributed by atoms with Gasteiger partial charge in [0.2, 0.25) is 0 Å². The standard InChI is InChI=1S/C38H60N2O4.2CH3I/c1-3-27-43-35-19-15-31(16-20-35)37(41)33(29-39-23-9-5-6-10-24-39)13-14-34(30-40-25-11-7-8-12-26-40)38(42)32-17-21-36(22-18-32)44-28-4-2;2*1-2/h15-22,33-34,37-38,41-42H,3-14,23-30H2,1-2H3;2*1H3. The van der Waals surface area contributed by atoms with E-state index in [-0.39, 0.29) is 11.8 Å². The summed E-state index contributed by atoms with van der Waals surface area (Å²) >= 11 is 4.30. The molecule has 274 valence electrons. The normalized spacial score (nSPS) is 18.4. The van der Waals surface area contributed by atoms with Crippen molar-refractivity contribution < 1.29 is 19.7 Å². The first-order valence-corrected chi connectivity index (χ1v) is 22.9. The summed E-state index contributed by atoms with van der Waals surface area (Å²) in [7, 11) is 0. The summed E-state index contributed by atoms with van der Waals surface area (Å²) in [5.41, 5.74) is 1.92. The zero-order valence-corrected chi connectivity index (χ0v) is 34.7. The van der Waals surface area contributed by atoms with Crippen LogP contribution in [0.5, 0.6) is 11.5 Å². The maximum absolute atomic E-state index is 11.8. The van der Waals surface area contributed by atoms with Gasteiger partial charge in [-0.05, 0) is 123 Å². The maximum atomic E-state index is 11.8. The molecule has 0 amide bonds. The highest BCUT2D eigenvalue weighted by Crippen LogP contribution is 2.34. The van der Waals surface area contributed by atoms with E-state index in [0.717, 1.165) is 87.6 Å². The van der Waals surface area contributed by atoms with Crippen molar-refractivity contribution in [3.8, 4) is 11.5 Å². The van der Waals surface area contributed by atoms with Gasteiger partial charge >= 0.3 is 0 Å². The lowest BCUT2D eigenvalue weighted by Crippen LogP contribution is -2.36. The molecule has 2 aliphatic rings. The van der Waals surface area contributed by atoms with Crippen LogP contribution in [-0.4, -0.2) is 82.4 Å². The third kappa shape index (κ3) is 16.1. The lowest BCUT2D eigenvalue weighted by atomic mass is 9.84. The highest BCUT2D eigenvalue weighted by Gasteiger charge is 2.29. The Morgan fingerprint density at radius 3 is 1.15 bits per heavy atom. The fraction of sp³-hybridized carbons (Fsp3) is 0.700. The van der Waals surface area contributed by atoms with E-state index >= 15 is 0 Å². The van der Waals surface area contributed by atoms with Crippen molar-refractivity contribution >= 4 is 45.2 Å². The molecular formula is C40H66I2N2O4. The summed E-state index contributed by atoms with van der Waals surface area (Å²) in [6.45, 7) is 11.9. The number of alkyl halides is 2. The molecule has 0 aliphatic carbocycles. The van der Waals surface area contributed by atoms with Gasteiger partial charge in [-0.3, -0.25) is 0 Å². The summed E-state index contributed by atoms with van der Waals surface area (Å²) in [4.78, 5) is 9.10. The van der Waals surface area contributed by atoms with Crippen molar-refractivity contribution in [3.63, 3.8) is 0 Å². The minimum absolute atomic E-state index is 0.0964. The lowest BCUT2D eigenvalue weighted by molar-refractivity contribution is 0.0449. The van der Waals surface area contributed by atoms with Gasteiger partial charge in [0, 0.05) is 24.9 Å². The van der Waals surface area contributed by atoms with Gasteiger partial charge in [0.1, 0.15) is 11.5 Å². The summed E-state index contributed by atoms with van der Waals surface area (Å²) < 4.78 is 11.6. The van der Waals surface area contributed by atoms with E-state index in [1.54, 1.807) is 0 Å². The molecule has 8 heteroatoms. The molecule has 0 aromatic heterocycles. The number of nitrogens with zero attached hydrogens (tertiary/aromatic N) is 2. The quantitative estimate of drug-likeness (QED) is 0.122. The number of aliphatic hydroxyl groups is 2. The van der Waals surface area contributed by atoms with Gasteiger partial charge in [-0.1, -0.05) is 109 Å². The first-order chi connectivity index (χ1) is 23.6. The molecule has 48 heavy (non-hydrogen) atoms. The lowest BCUT2D eigenvalue weighted by Gasteiger charge is -2.34. The third-order valence-electron chi connectivity index (χ3n) is 9.57. The van der Waals surface area contributed by atoms with E-state index in [0.29, 0.717) is 13.2 Å². The zero-order valence-electron chi connectivity index (χ0n) is 30.4. The Kier molecular flexibility index (Phi) is 24.5. The van der Waals surface area contributed by atoms with Gasteiger partial charge in [-0.2, -0.15) is 0 Å². The van der Waals surface area contributed by atoms with Gasteiger partial charge in [0.25, 0.3) is 0 Å². The highest BCUT2D eigenvalue weighted by atomic mass is 127. The van der Waals surface area contributed by atoms with Crippen molar-refractivity contribution in [3.05, 3.63) is 59.7 Å². The Morgan fingerprint density at radius 1 is 0.542 bits per heavy atom. The van der Waals surface area contributed by atoms with Crippen LogP contribution in [0.1, 0.15) is 114 Å². The Labute approximate surface area is 321 Å². The smallest absolute Gasteiger partial charge is 0.119 e. The van der Waals surface area contributed by atoms with Crippen LogP contribution < -0.4 is 9.47 Å². The highest BCUT2D eigenvalue weighted by molar-refractivity contribution is 14.1. The van der Waals surface area contributed by atoms with Crippen LogP contribution in [0.15, 0.2) is 48.5 Å². The molecule has 4 atom stereocenters. The van der Waals surface area contributed by atoms with Crippen LogP contribution in [0.25, 0.3) is 0 Å². The van der Waals surface area contributed by atoms with E-state index < -0.39 is 12.2 Å². The monoisotopic (exact) mass is 892 g/mol. The topological polar surface area (TPSA) is 65.4 Å². The number of hydrogen-bond acceptors (Lipinski definition) is 6. The van der Waals surface area contributed by atoms with Crippen LogP contribution in [-0.2, 0) is 0 Å². The third-order valence-corrected chi connectivity index (χ3v) is 9.57. The predicted octanol–water partition coefficient (Wildman–Crippen LogP) is 9.90. The molecule has 6 nitrogen and oxygen atoms in total. The van der Waals surface area contributed by atoms with Gasteiger partial charge < -0.3 is 29.5 Å². The van der Waals surface area contributed by atoms with Crippen molar-refractivity contribution in [2.24, 2.45) is 11.8 Å². The van der Waals surface area contributed by atoms with Crippen LogP contribution in [0.2, 0.25) is 0 Å². The maximum Gasteiger partial charge on any atom is 0.119 e. The molecule has 2 aromatic rings. The van der Waals surface area contributed by atoms with E-state index in [1.165, 1.54) is 51.4 Å². The molecule has 2 fully saturated rings. The van der Waals surface area contributed by atoms with Gasteiger partial charge in [0.05, 0.1) is 25.4 Å². The van der Waals surface area contributed by atoms with Crippen LogP contribution in [0, 0.1) is 11.8 Å². The SMILES string of the molecule is CCCOc1ccc(C(O)C(CCC(CN2CCCCCC2)C(O)c2ccc(OCCC)cc2)CN2CCCCCC2)cc1.CI.CI. The van der Waals surface area contributed by atoms with Gasteiger partial charge in [-0.25, -0.2) is 0 Å². The van der Waals surface area contributed by atoms with Crippen LogP contribution >= 0.6 is 45.2 Å². The zero-order chi connectivity index (χ0) is 35.0. The molecule has 0 saturated carbocycles. The van der Waals surface area contributed by atoms with E-state index in [4.69, 9.17) is 9.47 Å². The fourth-order valence-electron chi connectivity index (χ4n) is 6.93. The Hall–Kier alpha value is -0.660. The first kappa shape index (κ1) is 43.5. The Morgan fingerprint density at radius 2 is 0.854 bits per heavy atom. The fourth-order valence-corrected chi connectivity index (χ4v) is 6.93. The van der Waals surface area contributed by atoms with Crippen molar-refractivity contribution in [2.75, 3.05) is 62.3 Å². The molecule has 4 rings (SSSR count). The van der Waals surface area contributed by atoms with Crippen molar-refractivity contribution in [2.45, 2.75) is 103 Å². The van der Waals surface area contributed by atoms with Gasteiger partial charge in [0.15, 0.2) is 0 Å². The van der Waals surface area contributed by atoms with E-state index in [2.05, 4.69) is 68.8 Å². The van der Waals surface area contributed by atoms with Crippen molar-refractivity contribution in [1.29, 1.82) is 0 Å². The molecule has 0 spiro atoms. The number of halogens is 2. The number of benzene rings is 2. The molecule has 0 bridgehead atoms. The molecule has 2 aliphatic heterocycles. The second kappa shape index (κ2) is 27.1. The number of aliphatic hydroxyl groups excluding tert-OH is 2. The Bertz CT molecular complexity index is 943. The predicted molar refractivity (Wildman–Crippen MR) is 220 cm³/mol. The molecule has 2 saturated heterocycles. The average Bonchev–Trinajstić information content (AvgIpc) is 3.58. The molecule has 4 unspecified atom stereocenters. The largest absolute Gasteiger partial charge is 0.494 e. The Balaban J connectivity index is 0.00000193. The van der Waals surface area contributed by atoms with Crippen molar-refractivity contribution in [1.82, 2.24) is 9.80 Å². The number of rotatable bonds is 17. The second-order valence-corrected chi connectivity index (χ2v) is 13.3. The number of ether oxygens (including phenoxy) is 2. The second-order valence-electron chi connectivity index (χ2n) is 13.3. The molecular weight excluding hydrogens is 826 g/mol.